The number of hydrogen-bond donors (Lipinski definition) is 1. The first kappa shape index (κ1) is 15.3. The summed E-state index contributed by atoms with van der Waals surface area (Å²) in [6.45, 7) is 3.35. The van der Waals surface area contributed by atoms with Gasteiger partial charge in [-0.1, -0.05) is 0 Å². The van der Waals surface area contributed by atoms with Crippen LogP contribution in [0, 0.1) is 0 Å². The van der Waals surface area contributed by atoms with Crippen molar-refractivity contribution in [3.8, 4) is 0 Å². The van der Waals surface area contributed by atoms with Crippen molar-refractivity contribution in [2.24, 2.45) is 0 Å². The fraction of sp³-hybridized carbons (Fsp3) is 0.900. The van der Waals surface area contributed by atoms with Crippen LogP contribution >= 0.6 is 0 Å². The van der Waals surface area contributed by atoms with Crippen LogP contribution in [-0.2, 0) is 19.0 Å². The Hall–Kier alpha value is -0.690. The molecule has 0 bridgehead atoms. The lowest BCUT2D eigenvalue weighted by Gasteiger charge is -2.13. The average Bonchev–Trinajstić information content (AvgIpc) is 2.21. The number of hydrogen-bond acceptors (Lipinski definition) is 5. The number of likely N-dealkylation sites (N-methyl/N-ethyl adjacent to an activating group) is 1. The summed E-state index contributed by atoms with van der Waals surface area (Å²) in [5.41, 5.74) is 0. The van der Waals surface area contributed by atoms with Crippen molar-refractivity contribution in [2.75, 3.05) is 60.3 Å². The van der Waals surface area contributed by atoms with Crippen LogP contribution in [0.1, 0.15) is 0 Å². The molecule has 0 saturated carbocycles. The summed E-state index contributed by atoms with van der Waals surface area (Å²) >= 11 is 0. The smallest absolute Gasteiger partial charge is 0.317 e. The number of rotatable bonds is 11. The van der Waals surface area contributed by atoms with Crippen LogP contribution in [0.2, 0.25) is 0 Å². The summed E-state index contributed by atoms with van der Waals surface area (Å²) in [5, 5.41) is 8.49. The van der Waals surface area contributed by atoms with Gasteiger partial charge in [-0.3, -0.25) is 9.69 Å². The molecule has 0 aromatic rings. The number of nitrogens with zero attached hydrogens (tertiary/aromatic N) is 1. The number of carbonyl (C=O) groups is 1. The molecule has 0 aliphatic heterocycles. The molecule has 0 fully saturated rings. The highest BCUT2D eigenvalue weighted by Gasteiger charge is 2.02. The molecule has 0 unspecified atom stereocenters. The Morgan fingerprint density at radius 2 is 1.69 bits per heavy atom. The molecule has 0 aromatic carbocycles. The minimum Gasteiger partial charge on any atom is -0.480 e. The van der Waals surface area contributed by atoms with E-state index in [1.54, 1.807) is 19.1 Å². The van der Waals surface area contributed by atoms with E-state index in [1.807, 2.05) is 0 Å². The number of carboxylic acids is 1. The second-order valence-corrected chi connectivity index (χ2v) is 3.35. The highest BCUT2D eigenvalue weighted by Crippen LogP contribution is 1.84. The summed E-state index contributed by atoms with van der Waals surface area (Å²) < 4.78 is 15.3. The van der Waals surface area contributed by atoms with E-state index in [-0.39, 0.29) is 6.54 Å². The zero-order valence-electron chi connectivity index (χ0n) is 9.98. The van der Waals surface area contributed by atoms with E-state index in [0.717, 1.165) is 0 Å². The molecule has 96 valence electrons. The van der Waals surface area contributed by atoms with Gasteiger partial charge >= 0.3 is 5.97 Å². The van der Waals surface area contributed by atoms with Gasteiger partial charge in [0.2, 0.25) is 0 Å². The van der Waals surface area contributed by atoms with Gasteiger partial charge in [0, 0.05) is 13.7 Å². The largest absolute Gasteiger partial charge is 0.480 e. The van der Waals surface area contributed by atoms with Crippen LogP contribution in [0.3, 0.4) is 0 Å². The first-order valence-electron chi connectivity index (χ1n) is 5.21. The summed E-state index contributed by atoms with van der Waals surface area (Å²) in [6, 6.07) is 0. The second kappa shape index (κ2) is 10.8. The molecule has 1 N–H and O–H groups in total. The first-order valence-corrected chi connectivity index (χ1v) is 5.21. The molecule has 6 nitrogen and oxygen atoms in total. The highest BCUT2D eigenvalue weighted by atomic mass is 16.5. The van der Waals surface area contributed by atoms with Gasteiger partial charge in [0.25, 0.3) is 0 Å². The van der Waals surface area contributed by atoms with Crippen molar-refractivity contribution < 1.29 is 24.1 Å². The molecule has 6 heteroatoms. The Labute approximate surface area is 96.1 Å². The molecule has 0 spiro atoms. The standard InChI is InChI=1S/C10H21NO5/c1-11(9-10(12)13)3-4-15-7-8-16-6-5-14-2/h3-9H2,1-2H3,(H,12,13). The topological polar surface area (TPSA) is 68.2 Å². The van der Waals surface area contributed by atoms with E-state index in [9.17, 15) is 4.79 Å². The number of methoxy groups -OCH3 is 1. The van der Waals surface area contributed by atoms with Gasteiger partial charge in [0.05, 0.1) is 39.6 Å². The van der Waals surface area contributed by atoms with Gasteiger partial charge in [0.1, 0.15) is 0 Å². The van der Waals surface area contributed by atoms with Crippen molar-refractivity contribution in [1.29, 1.82) is 0 Å². The normalized spacial score (nSPS) is 10.9. The zero-order valence-corrected chi connectivity index (χ0v) is 9.98. The predicted octanol–water partition coefficient (Wildman–Crippen LogP) is -0.318. The third-order valence-electron chi connectivity index (χ3n) is 1.83. The maximum Gasteiger partial charge on any atom is 0.317 e. The zero-order chi connectivity index (χ0) is 12.2. The van der Waals surface area contributed by atoms with Crippen molar-refractivity contribution in [1.82, 2.24) is 4.90 Å². The van der Waals surface area contributed by atoms with Crippen LogP contribution in [-0.4, -0.2) is 76.3 Å². The Balaban J connectivity index is 3.11. The molecule has 0 radical (unpaired) electrons. The average molecular weight is 235 g/mol. The minimum absolute atomic E-state index is 0.0354. The van der Waals surface area contributed by atoms with Crippen LogP contribution in [0.15, 0.2) is 0 Å². The Morgan fingerprint density at radius 3 is 2.25 bits per heavy atom. The fourth-order valence-corrected chi connectivity index (χ4v) is 0.995. The van der Waals surface area contributed by atoms with Crippen molar-refractivity contribution >= 4 is 5.97 Å². The van der Waals surface area contributed by atoms with Gasteiger partial charge in [-0.2, -0.15) is 0 Å². The molecule has 16 heavy (non-hydrogen) atoms. The molecule has 0 saturated heterocycles. The van der Waals surface area contributed by atoms with Gasteiger partial charge < -0.3 is 19.3 Å². The predicted molar refractivity (Wildman–Crippen MR) is 58.6 cm³/mol. The lowest BCUT2D eigenvalue weighted by Crippen LogP contribution is -2.29. The van der Waals surface area contributed by atoms with Crippen molar-refractivity contribution in [3.63, 3.8) is 0 Å². The van der Waals surface area contributed by atoms with E-state index >= 15 is 0 Å². The third kappa shape index (κ3) is 11.4. The SMILES string of the molecule is COCCOCCOCCN(C)CC(=O)O. The van der Waals surface area contributed by atoms with Gasteiger partial charge in [0.15, 0.2) is 0 Å². The third-order valence-corrected chi connectivity index (χ3v) is 1.83. The second-order valence-electron chi connectivity index (χ2n) is 3.35. The Morgan fingerprint density at radius 1 is 1.12 bits per heavy atom. The maximum atomic E-state index is 10.3. The summed E-state index contributed by atoms with van der Waals surface area (Å²) in [6.07, 6.45) is 0. The van der Waals surface area contributed by atoms with Crippen LogP contribution in [0.25, 0.3) is 0 Å². The molecule has 0 rings (SSSR count). The summed E-state index contributed by atoms with van der Waals surface area (Å²) in [4.78, 5) is 12.0. The van der Waals surface area contributed by atoms with E-state index in [1.165, 1.54) is 0 Å². The molecular formula is C10H21NO5. The maximum absolute atomic E-state index is 10.3. The monoisotopic (exact) mass is 235 g/mol. The molecular weight excluding hydrogens is 214 g/mol. The fourth-order valence-electron chi connectivity index (χ4n) is 0.995. The van der Waals surface area contributed by atoms with Gasteiger partial charge in [-0.05, 0) is 7.05 Å². The van der Waals surface area contributed by atoms with Gasteiger partial charge in [-0.25, -0.2) is 0 Å². The van der Waals surface area contributed by atoms with Crippen LogP contribution < -0.4 is 0 Å². The number of carboxylic acid groups (broad SMARTS) is 1. The van der Waals surface area contributed by atoms with Crippen LogP contribution in [0.4, 0.5) is 0 Å². The van der Waals surface area contributed by atoms with Crippen molar-refractivity contribution in [2.45, 2.75) is 0 Å². The van der Waals surface area contributed by atoms with Gasteiger partial charge in [-0.15, -0.1) is 0 Å². The lowest BCUT2D eigenvalue weighted by molar-refractivity contribution is -0.138. The molecule has 0 heterocycles. The van der Waals surface area contributed by atoms with E-state index in [4.69, 9.17) is 19.3 Å². The first-order chi connectivity index (χ1) is 7.66. The quantitative estimate of drug-likeness (QED) is 0.495. The van der Waals surface area contributed by atoms with Crippen molar-refractivity contribution in [3.05, 3.63) is 0 Å². The molecule has 0 aliphatic rings. The highest BCUT2D eigenvalue weighted by molar-refractivity contribution is 5.68. The van der Waals surface area contributed by atoms with E-state index < -0.39 is 5.97 Å². The Kier molecular flexibility index (Phi) is 10.3. The number of aliphatic carboxylic acids is 1. The van der Waals surface area contributed by atoms with E-state index in [2.05, 4.69) is 0 Å². The molecule has 0 atom stereocenters. The lowest BCUT2D eigenvalue weighted by atomic mass is 10.5. The summed E-state index contributed by atoms with van der Waals surface area (Å²) in [7, 11) is 3.37. The number of ether oxygens (including phenoxy) is 3. The Bertz CT molecular complexity index is 177. The summed E-state index contributed by atoms with van der Waals surface area (Å²) in [5.74, 6) is -0.828. The van der Waals surface area contributed by atoms with E-state index in [0.29, 0.717) is 39.6 Å². The minimum atomic E-state index is -0.828. The molecule has 0 aromatic heterocycles. The van der Waals surface area contributed by atoms with Crippen LogP contribution in [0.5, 0.6) is 0 Å². The molecule has 0 amide bonds. The molecule has 0 aliphatic carbocycles.